The minimum absolute atomic E-state index is 0.0659. The molecule has 1 saturated heterocycles. The van der Waals surface area contributed by atoms with E-state index in [1.54, 1.807) is 6.20 Å². The topological polar surface area (TPSA) is 59.2 Å². The monoisotopic (exact) mass is 241 g/mol. The second-order valence-electron chi connectivity index (χ2n) is 4.60. The molecular weight excluding hydrogens is 226 g/mol. The Kier molecular flexibility index (Phi) is 2.63. The number of hydrogen-bond donors (Lipinski definition) is 1. The minimum Gasteiger partial charge on any atom is -0.383 e. The van der Waals surface area contributed by atoms with E-state index in [1.165, 1.54) is 0 Å². The quantitative estimate of drug-likeness (QED) is 0.831. The fraction of sp³-hybridized carbons (Fsp3) is 0.286. The van der Waals surface area contributed by atoms with Crippen molar-refractivity contribution in [2.45, 2.75) is 12.8 Å². The number of fused-ring (bicyclic) bond motifs is 1. The lowest BCUT2D eigenvalue weighted by Gasteiger charge is -2.16. The molecule has 2 aromatic rings. The number of carbonyl (C=O) groups is 1. The van der Waals surface area contributed by atoms with E-state index in [0.717, 1.165) is 36.7 Å². The highest BCUT2D eigenvalue weighted by molar-refractivity contribution is 6.09. The van der Waals surface area contributed by atoms with Crippen LogP contribution in [-0.2, 0) is 0 Å². The summed E-state index contributed by atoms with van der Waals surface area (Å²) in [6.45, 7) is 1.69. The predicted molar refractivity (Wildman–Crippen MR) is 71.3 cm³/mol. The molecule has 0 saturated carbocycles. The first kappa shape index (κ1) is 11.0. The minimum atomic E-state index is 0.0659. The lowest BCUT2D eigenvalue weighted by molar-refractivity contribution is 0.0794. The fourth-order valence-corrected chi connectivity index (χ4v) is 2.48. The lowest BCUT2D eigenvalue weighted by atomic mass is 10.1. The largest absolute Gasteiger partial charge is 0.383 e. The van der Waals surface area contributed by atoms with Crippen LogP contribution in [0.25, 0.3) is 10.8 Å². The Morgan fingerprint density at radius 2 is 1.83 bits per heavy atom. The van der Waals surface area contributed by atoms with Crippen molar-refractivity contribution in [2.75, 3.05) is 18.8 Å². The van der Waals surface area contributed by atoms with Gasteiger partial charge in [0.2, 0.25) is 0 Å². The Balaban J connectivity index is 2.11. The first-order chi connectivity index (χ1) is 8.77. The lowest BCUT2D eigenvalue weighted by Crippen LogP contribution is -2.28. The number of pyridine rings is 1. The van der Waals surface area contributed by atoms with E-state index in [4.69, 9.17) is 5.73 Å². The summed E-state index contributed by atoms with van der Waals surface area (Å²) in [4.78, 5) is 18.4. The van der Waals surface area contributed by atoms with E-state index in [-0.39, 0.29) is 5.91 Å². The van der Waals surface area contributed by atoms with Crippen LogP contribution >= 0.6 is 0 Å². The first-order valence-electron chi connectivity index (χ1n) is 6.20. The van der Waals surface area contributed by atoms with Gasteiger partial charge in [0.05, 0.1) is 5.56 Å². The number of likely N-dealkylation sites (tertiary alicyclic amines) is 1. The van der Waals surface area contributed by atoms with Crippen LogP contribution in [0.4, 0.5) is 5.82 Å². The maximum Gasteiger partial charge on any atom is 0.256 e. The molecule has 0 unspecified atom stereocenters. The Bertz CT molecular complexity index is 603. The summed E-state index contributed by atoms with van der Waals surface area (Å²) in [5.74, 6) is 0.541. The highest BCUT2D eigenvalue weighted by atomic mass is 16.2. The van der Waals surface area contributed by atoms with Gasteiger partial charge in [-0.15, -0.1) is 0 Å². The Labute approximate surface area is 105 Å². The molecule has 1 aliphatic heterocycles. The molecule has 2 heterocycles. The zero-order valence-corrected chi connectivity index (χ0v) is 10.1. The van der Waals surface area contributed by atoms with Crippen LogP contribution in [-0.4, -0.2) is 28.9 Å². The molecule has 1 amide bonds. The van der Waals surface area contributed by atoms with Crippen molar-refractivity contribution in [1.82, 2.24) is 9.88 Å². The molecule has 0 bridgehead atoms. The van der Waals surface area contributed by atoms with Crippen LogP contribution in [0.1, 0.15) is 23.2 Å². The summed E-state index contributed by atoms with van der Waals surface area (Å²) >= 11 is 0. The molecule has 1 aliphatic rings. The number of anilines is 1. The van der Waals surface area contributed by atoms with Crippen molar-refractivity contribution < 1.29 is 4.79 Å². The standard InChI is InChI=1S/C14H15N3O/c15-13-11-6-2-1-5-10(11)12(9-16-13)14(18)17-7-3-4-8-17/h1-2,5-6,9H,3-4,7-8H2,(H2,15,16). The van der Waals surface area contributed by atoms with E-state index >= 15 is 0 Å². The smallest absolute Gasteiger partial charge is 0.256 e. The highest BCUT2D eigenvalue weighted by Gasteiger charge is 2.21. The third kappa shape index (κ3) is 1.70. The molecule has 92 valence electrons. The Morgan fingerprint density at radius 3 is 2.56 bits per heavy atom. The van der Waals surface area contributed by atoms with Crippen LogP contribution in [0.15, 0.2) is 30.5 Å². The average molecular weight is 241 g/mol. The maximum atomic E-state index is 12.4. The maximum absolute atomic E-state index is 12.4. The molecule has 3 rings (SSSR count). The molecule has 0 atom stereocenters. The van der Waals surface area contributed by atoms with E-state index in [0.29, 0.717) is 11.4 Å². The molecule has 4 heteroatoms. The van der Waals surface area contributed by atoms with E-state index in [1.807, 2.05) is 29.2 Å². The van der Waals surface area contributed by atoms with E-state index in [2.05, 4.69) is 4.98 Å². The molecule has 1 fully saturated rings. The summed E-state index contributed by atoms with van der Waals surface area (Å²) < 4.78 is 0. The summed E-state index contributed by atoms with van der Waals surface area (Å²) in [7, 11) is 0. The molecule has 18 heavy (non-hydrogen) atoms. The average Bonchev–Trinajstić information content (AvgIpc) is 2.93. The van der Waals surface area contributed by atoms with Crippen molar-refractivity contribution >= 4 is 22.5 Å². The van der Waals surface area contributed by atoms with Crippen LogP contribution in [0.3, 0.4) is 0 Å². The third-order valence-corrected chi connectivity index (χ3v) is 3.45. The second-order valence-corrected chi connectivity index (χ2v) is 4.60. The summed E-state index contributed by atoms with van der Waals surface area (Å²) in [6, 6.07) is 7.65. The van der Waals surface area contributed by atoms with Crippen molar-refractivity contribution in [3.05, 3.63) is 36.0 Å². The van der Waals surface area contributed by atoms with Crippen LogP contribution in [0, 0.1) is 0 Å². The fourth-order valence-electron chi connectivity index (χ4n) is 2.48. The number of nitrogens with two attached hydrogens (primary N) is 1. The van der Waals surface area contributed by atoms with Crippen LogP contribution in [0.5, 0.6) is 0 Å². The summed E-state index contributed by atoms with van der Waals surface area (Å²) in [5, 5.41) is 1.74. The molecule has 0 aliphatic carbocycles. The number of hydrogen-bond acceptors (Lipinski definition) is 3. The van der Waals surface area contributed by atoms with Gasteiger partial charge in [-0.25, -0.2) is 4.98 Å². The van der Waals surface area contributed by atoms with E-state index in [9.17, 15) is 4.79 Å². The normalized spacial score (nSPS) is 15.2. The van der Waals surface area contributed by atoms with E-state index < -0.39 is 0 Å². The molecule has 1 aromatic carbocycles. The number of nitrogens with zero attached hydrogens (tertiary/aromatic N) is 2. The second kappa shape index (κ2) is 4.29. The summed E-state index contributed by atoms with van der Waals surface area (Å²) in [6.07, 6.45) is 3.77. The van der Waals surface area contributed by atoms with Crippen molar-refractivity contribution in [2.24, 2.45) is 0 Å². The molecule has 2 N–H and O–H groups in total. The first-order valence-corrected chi connectivity index (χ1v) is 6.20. The number of benzene rings is 1. The van der Waals surface area contributed by atoms with Gasteiger partial charge in [0, 0.05) is 24.7 Å². The molecule has 0 spiro atoms. The third-order valence-electron chi connectivity index (χ3n) is 3.45. The van der Waals surface area contributed by atoms with Gasteiger partial charge >= 0.3 is 0 Å². The number of amides is 1. The van der Waals surface area contributed by atoms with Gasteiger partial charge in [-0.1, -0.05) is 24.3 Å². The van der Waals surface area contributed by atoms with Crippen LogP contribution < -0.4 is 5.73 Å². The van der Waals surface area contributed by atoms with Crippen LogP contribution in [0.2, 0.25) is 0 Å². The number of aromatic nitrogens is 1. The molecule has 1 aromatic heterocycles. The van der Waals surface area contributed by atoms with Gasteiger partial charge in [0.25, 0.3) is 5.91 Å². The van der Waals surface area contributed by atoms with Gasteiger partial charge < -0.3 is 10.6 Å². The zero-order chi connectivity index (χ0) is 12.5. The Hall–Kier alpha value is -2.10. The van der Waals surface area contributed by atoms with Gasteiger partial charge in [-0.2, -0.15) is 0 Å². The summed E-state index contributed by atoms with van der Waals surface area (Å²) in [5.41, 5.74) is 6.50. The predicted octanol–water partition coefficient (Wildman–Crippen LogP) is 2.05. The number of nitrogen functional groups attached to an aromatic ring is 1. The zero-order valence-electron chi connectivity index (χ0n) is 10.1. The van der Waals surface area contributed by atoms with Gasteiger partial charge in [0.15, 0.2) is 0 Å². The van der Waals surface area contributed by atoms with Crippen molar-refractivity contribution in [3.8, 4) is 0 Å². The van der Waals surface area contributed by atoms with Crippen molar-refractivity contribution in [3.63, 3.8) is 0 Å². The van der Waals surface area contributed by atoms with Crippen molar-refractivity contribution in [1.29, 1.82) is 0 Å². The molecule has 4 nitrogen and oxygen atoms in total. The SMILES string of the molecule is Nc1ncc(C(=O)N2CCCC2)c2ccccc12. The highest BCUT2D eigenvalue weighted by Crippen LogP contribution is 2.24. The van der Waals surface area contributed by atoms with Gasteiger partial charge in [-0.3, -0.25) is 4.79 Å². The Morgan fingerprint density at radius 1 is 1.17 bits per heavy atom. The van der Waals surface area contributed by atoms with Gasteiger partial charge in [-0.05, 0) is 18.2 Å². The number of rotatable bonds is 1. The molecule has 0 radical (unpaired) electrons. The van der Waals surface area contributed by atoms with Gasteiger partial charge in [0.1, 0.15) is 5.82 Å². The number of carbonyl (C=O) groups excluding carboxylic acids is 1. The molecular formula is C14H15N3O.